The Morgan fingerprint density at radius 1 is 0.339 bits per heavy atom. The Bertz CT molecular complexity index is 3530. The molecular formula is C52H32N4. The third-order valence-electron chi connectivity index (χ3n) is 11.5. The minimum Gasteiger partial charge on any atom is -0.309 e. The standard InChI is InChI=1S/C52H32N4/c1-2-17-35(18-3-1)55-47-27-12-10-22-39(47)45-32-44(37-20-6-7-23-42(37)51(45)55)34-29-30-40-38-21-9-13-28-48(38)56(49(40)31-34)52-53-46-26-11-8-24-43(46)50(54-52)41-25-14-16-33-15-4-5-19-36(33)41/h1-32H. The van der Waals surface area contributed by atoms with Gasteiger partial charge in [-0.3, -0.25) is 4.57 Å². The highest BCUT2D eigenvalue weighted by molar-refractivity contribution is 6.22. The summed E-state index contributed by atoms with van der Waals surface area (Å²) in [6.45, 7) is 0. The van der Waals surface area contributed by atoms with E-state index in [1.807, 2.05) is 0 Å². The van der Waals surface area contributed by atoms with E-state index in [2.05, 4.69) is 203 Å². The average molecular weight is 713 g/mol. The summed E-state index contributed by atoms with van der Waals surface area (Å²) >= 11 is 0. The van der Waals surface area contributed by atoms with Gasteiger partial charge in [-0.05, 0) is 69.8 Å². The first kappa shape index (κ1) is 30.9. The highest BCUT2D eigenvalue weighted by atomic mass is 15.2. The van der Waals surface area contributed by atoms with Gasteiger partial charge in [-0.25, -0.2) is 9.97 Å². The van der Waals surface area contributed by atoms with Gasteiger partial charge in [-0.2, -0.15) is 0 Å². The second-order valence-electron chi connectivity index (χ2n) is 14.6. The Morgan fingerprint density at radius 2 is 0.946 bits per heavy atom. The summed E-state index contributed by atoms with van der Waals surface area (Å²) in [7, 11) is 0. The summed E-state index contributed by atoms with van der Waals surface area (Å²) in [5.74, 6) is 0.654. The van der Waals surface area contributed by atoms with Crippen LogP contribution in [-0.4, -0.2) is 19.1 Å². The van der Waals surface area contributed by atoms with Gasteiger partial charge in [0.25, 0.3) is 0 Å². The van der Waals surface area contributed by atoms with Gasteiger partial charge in [0.05, 0.1) is 33.3 Å². The van der Waals surface area contributed by atoms with Crippen molar-refractivity contribution < 1.29 is 0 Å². The summed E-state index contributed by atoms with van der Waals surface area (Å²) < 4.78 is 4.68. The highest BCUT2D eigenvalue weighted by Crippen LogP contribution is 2.43. The Balaban J connectivity index is 1.15. The molecule has 0 N–H and O–H groups in total. The van der Waals surface area contributed by atoms with E-state index in [0.29, 0.717) is 5.95 Å². The molecule has 0 aliphatic heterocycles. The van der Waals surface area contributed by atoms with Gasteiger partial charge < -0.3 is 4.57 Å². The zero-order valence-electron chi connectivity index (χ0n) is 30.3. The lowest BCUT2D eigenvalue weighted by molar-refractivity contribution is 1.01. The molecule has 4 nitrogen and oxygen atoms in total. The fourth-order valence-electron chi connectivity index (χ4n) is 9.06. The van der Waals surface area contributed by atoms with Crippen molar-refractivity contribution in [2.75, 3.05) is 0 Å². The molecule has 0 atom stereocenters. The van der Waals surface area contributed by atoms with Crippen molar-refractivity contribution in [2.24, 2.45) is 0 Å². The Morgan fingerprint density at radius 3 is 1.77 bits per heavy atom. The summed E-state index contributed by atoms with van der Waals surface area (Å²) in [6, 6.07) is 69.6. The quantitative estimate of drug-likeness (QED) is 0.182. The van der Waals surface area contributed by atoms with Crippen LogP contribution in [0.4, 0.5) is 0 Å². The zero-order valence-corrected chi connectivity index (χ0v) is 30.3. The molecule has 0 amide bonds. The molecule has 0 bridgehead atoms. The van der Waals surface area contributed by atoms with Gasteiger partial charge in [0.1, 0.15) is 0 Å². The fraction of sp³-hybridized carbons (Fsp3) is 0. The van der Waals surface area contributed by atoms with Crippen molar-refractivity contribution in [3.63, 3.8) is 0 Å². The lowest BCUT2D eigenvalue weighted by Crippen LogP contribution is -2.03. The van der Waals surface area contributed by atoms with Crippen LogP contribution in [0.2, 0.25) is 0 Å². The third kappa shape index (κ3) is 4.47. The Hall–Kier alpha value is -7.56. The molecule has 0 unspecified atom stereocenters. The molecule has 4 heteroatoms. The van der Waals surface area contributed by atoms with Crippen LogP contribution in [0, 0.1) is 0 Å². The molecule has 3 aromatic heterocycles. The van der Waals surface area contributed by atoms with Crippen LogP contribution in [0.5, 0.6) is 0 Å². The van der Waals surface area contributed by atoms with E-state index in [1.165, 1.54) is 59.7 Å². The lowest BCUT2D eigenvalue weighted by Gasteiger charge is -2.14. The zero-order chi connectivity index (χ0) is 36.7. The van der Waals surface area contributed by atoms with Crippen molar-refractivity contribution in [2.45, 2.75) is 0 Å². The van der Waals surface area contributed by atoms with E-state index in [9.17, 15) is 0 Å². The van der Waals surface area contributed by atoms with E-state index >= 15 is 0 Å². The summed E-state index contributed by atoms with van der Waals surface area (Å²) in [5.41, 5.74) is 11.0. The number of benzene rings is 9. The summed E-state index contributed by atoms with van der Waals surface area (Å²) in [4.78, 5) is 10.8. The largest absolute Gasteiger partial charge is 0.309 e. The molecule has 0 saturated heterocycles. The molecule has 0 aliphatic carbocycles. The van der Waals surface area contributed by atoms with Gasteiger partial charge >= 0.3 is 0 Å². The van der Waals surface area contributed by atoms with Crippen LogP contribution in [0.15, 0.2) is 194 Å². The molecule has 9 aromatic carbocycles. The van der Waals surface area contributed by atoms with Crippen LogP contribution in [-0.2, 0) is 0 Å². The normalized spacial score (nSPS) is 11.9. The van der Waals surface area contributed by atoms with E-state index in [4.69, 9.17) is 9.97 Å². The first-order valence-electron chi connectivity index (χ1n) is 19.1. The maximum Gasteiger partial charge on any atom is 0.235 e. The van der Waals surface area contributed by atoms with Gasteiger partial charge in [-0.15, -0.1) is 0 Å². The van der Waals surface area contributed by atoms with Gasteiger partial charge in [0.2, 0.25) is 5.95 Å². The molecule has 0 saturated carbocycles. The van der Waals surface area contributed by atoms with Crippen molar-refractivity contribution in [3.05, 3.63) is 194 Å². The van der Waals surface area contributed by atoms with Crippen molar-refractivity contribution >= 4 is 76.1 Å². The van der Waals surface area contributed by atoms with Gasteiger partial charge in [0, 0.05) is 43.6 Å². The van der Waals surface area contributed by atoms with Crippen LogP contribution in [0.3, 0.4) is 0 Å². The summed E-state index contributed by atoms with van der Waals surface area (Å²) in [6.07, 6.45) is 0. The summed E-state index contributed by atoms with van der Waals surface area (Å²) in [5, 5.41) is 10.6. The molecular weight excluding hydrogens is 681 g/mol. The second-order valence-corrected chi connectivity index (χ2v) is 14.6. The molecule has 3 heterocycles. The molecule has 260 valence electrons. The van der Waals surface area contributed by atoms with Crippen molar-refractivity contribution in [1.82, 2.24) is 19.1 Å². The molecule has 0 fully saturated rings. The molecule has 12 rings (SSSR count). The fourth-order valence-corrected chi connectivity index (χ4v) is 9.06. The van der Waals surface area contributed by atoms with Crippen molar-refractivity contribution in [3.8, 4) is 34.0 Å². The predicted molar refractivity (Wildman–Crippen MR) is 234 cm³/mol. The molecule has 0 aliphatic rings. The number of para-hydroxylation sites is 4. The minimum absolute atomic E-state index is 0.654. The van der Waals surface area contributed by atoms with Crippen molar-refractivity contribution in [1.29, 1.82) is 0 Å². The molecule has 12 aromatic rings. The third-order valence-corrected chi connectivity index (χ3v) is 11.5. The number of aromatic nitrogens is 4. The van der Waals surface area contributed by atoms with Crippen LogP contribution in [0.25, 0.3) is 110 Å². The predicted octanol–water partition coefficient (Wildman–Crippen LogP) is 13.5. The molecule has 0 radical (unpaired) electrons. The van der Waals surface area contributed by atoms with E-state index in [0.717, 1.165) is 44.4 Å². The Labute approximate surface area is 322 Å². The monoisotopic (exact) mass is 712 g/mol. The number of rotatable bonds is 4. The topological polar surface area (TPSA) is 35.6 Å². The first-order chi connectivity index (χ1) is 27.8. The van der Waals surface area contributed by atoms with Crippen LogP contribution < -0.4 is 0 Å². The maximum atomic E-state index is 5.47. The smallest absolute Gasteiger partial charge is 0.235 e. The number of hydrogen-bond donors (Lipinski definition) is 0. The van der Waals surface area contributed by atoms with Crippen LogP contribution >= 0.6 is 0 Å². The minimum atomic E-state index is 0.654. The van der Waals surface area contributed by atoms with E-state index in [1.54, 1.807) is 0 Å². The maximum absolute atomic E-state index is 5.47. The number of fused-ring (bicyclic) bond motifs is 10. The second kappa shape index (κ2) is 12.0. The molecule has 0 spiro atoms. The average Bonchev–Trinajstić information content (AvgIpc) is 3.78. The van der Waals surface area contributed by atoms with Gasteiger partial charge in [0.15, 0.2) is 0 Å². The van der Waals surface area contributed by atoms with Gasteiger partial charge in [-0.1, -0.05) is 152 Å². The number of hydrogen-bond acceptors (Lipinski definition) is 2. The SMILES string of the molecule is c1ccc(-n2c3ccccc3c3cc(-c4ccc5c6ccccc6n(-c6nc(-c7cccc8ccccc78)c7ccccc7n6)c5c4)c4ccccc4c32)cc1. The van der Waals surface area contributed by atoms with Crippen LogP contribution in [0.1, 0.15) is 0 Å². The lowest BCUT2D eigenvalue weighted by atomic mass is 9.94. The van der Waals surface area contributed by atoms with E-state index < -0.39 is 0 Å². The first-order valence-corrected chi connectivity index (χ1v) is 19.1. The van der Waals surface area contributed by atoms with E-state index in [-0.39, 0.29) is 0 Å². The Kier molecular flexibility index (Phi) is 6.60. The molecule has 56 heavy (non-hydrogen) atoms. The highest BCUT2D eigenvalue weighted by Gasteiger charge is 2.21. The number of nitrogens with zero attached hydrogens (tertiary/aromatic N) is 4.